The van der Waals surface area contributed by atoms with Crippen molar-refractivity contribution >= 4 is 23.9 Å². The van der Waals surface area contributed by atoms with Crippen LogP contribution in [0.3, 0.4) is 0 Å². The lowest BCUT2D eigenvalue weighted by Crippen LogP contribution is -2.37. The Morgan fingerprint density at radius 2 is 1.86 bits per heavy atom. The molecule has 158 valence electrons. The van der Waals surface area contributed by atoms with Crippen LogP contribution in [0.4, 0.5) is 18.0 Å². The molecule has 1 aliphatic rings. The van der Waals surface area contributed by atoms with Crippen LogP contribution in [0.2, 0.25) is 0 Å². The summed E-state index contributed by atoms with van der Waals surface area (Å²) < 4.78 is 46.7. The minimum Gasteiger partial charge on any atom is -0.464 e. The van der Waals surface area contributed by atoms with Crippen LogP contribution in [0.1, 0.15) is 17.5 Å². The molecular weight excluding hydrogens is 401 g/mol. The molecule has 1 heterocycles. The van der Waals surface area contributed by atoms with Gasteiger partial charge in [-0.2, -0.15) is 13.2 Å². The Balaban J connectivity index is 1.86. The van der Waals surface area contributed by atoms with Gasteiger partial charge in [0.1, 0.15) is 12.6 Å². The van der Waals surface area contributed by atoms with E-state index in [1.807, 2.05) is 0 Å². The molecule has 2 rings (SSSR count). The van der Waals surface area contributed by atoms with Gasteiger partial charge in [0.15, 0.2) is 0 Å². The molecule has 2 N–H and O–H groups in total. The Morgan fingerprint density at radius 3 is 2.41 bits per heavy atom. The van der Waals surface area contributed by atoms with Gasteiger partial charge in [-0.15, -0.1) is 0 Å². The molecule has 1 aliphatic heterocycles. The van der Waals surface area contributed by atoms with Gasteiger partial charge in [0.05, 0.1) is 18.6 Å². The van der Waals surface area contributed by atoms with Crippen molar-refractivity contribution in [2.24, 2.45) is 11.7 Å². The van der Waals surface area contributed by atoms with Gasteiger partial charge >= 0.3 is 18.3 Å². The number of hydrogen-bond acceptors (Lipinski definition) is 8. The summed E-state index contributed by atoms with van der Waals surface area (Å²) in [6.07, 6.45) is -6.18. The summed E-state index contributed by atoms with van der Waals surface area (Å²) in [7, 11) is 0.991. The van der Waals surface area contributed by atoms with Gasteiger partial charge < -0.3 is 15.2 Å². The Morgan fingerprint density at radius 1 is 1.24 bits per heavy atom. The molecule has 9 nitrogen and oxygen atoms in total. The van der Waals surface area contributed by atoms with E-state index >= 15 is 0 Å². The average Bonchev–Trinajstić information content (AvgIpc) is 2.93. The lowest BCUT2D eigenvalue weighted by Gasteiger charge is -2.15. The van der Waals surface area contributed by atoms with E-state index in [0.29, 0.717) is 5.56 Å². The van der Waals surface area contributed by atoms with E-state index in [0.717, 1.165) is 19.2 Å². The quantitative estimate of drug-likeness (QED) is 0.540. The molecule has 1 unspecified atom stereocenters. The van der Waals surface area contributed by atoms with Gasteiger partial charge in [-0.05, 0) is 24.1 Å². The molecule has 2 amide bonds. The number of ether oxygens (including phenoxy) is 2. The second-order valence-electron chi connectivity index (χ2n) is 6.11. The summed E-state index contributed by atoms with van der Waals surface area (Å²) in [6.45, 7) is -0.481. The molecule has 29 heavy (non-hydrogen) atoms. The van der Waals surface area contributed by atoms with Crippen LogP contribution < -0.4 is 5.73 Å². The van der Waals surface area contributed by atoms with Gasteiger partial charge in [0, 0.05) is 6.42 Å². The van der Waals surface area contributed by atoms with Crippen molar-refractivity contribution in [1.29, 1.82) is 0 Å². The molecule has 1 aromatic rings. The number of alkyl halides is 3. The van der Waals surface area contributed by atoms with E-state index < -0.39 is 54.2 Å². The maximum Gasteiger partial charge on any atom is 0.533 e. The number of methoxy groups -OCH3 is 1. The third-order valence-corrected chi connectivity index (χ3v) is 4.00. The maximum absolute atomic E-state index is 12.5. The average molecular weight is 418 g/mol. The van der Waals surface area contributed by atoms with Crippen molar-refractivity contribution in [3.05, 3.63) is 35.4 Å². The summed E-state index contributed by atoms with van der Waals surface area (Å²) in [5.41, 5.74) is 5.23. The van der Waals surface area contributed by atoms with E-state index in [1.165, 1.54) is 12.1 Å². The first-order valence-electron chi connectivity index (χ1n) is 8.24. The number of benzene rings is 1. The maximum atomic E-state index is 12.5. The first kappa shape index (κ1) is 22.1. The summed E-state index contributed by atoms with van der Waals surface area (Å²) in [6, 6.07) is 2.92. The molecule has 12 heteroatoms. The van der Waals surface area contributed by atoms with Crippen molar-refractivity contribution < 1.29 is 46.7 Å². The van der Waals surface area contributed by atoms with Crippen molar-refractivity contribution in [2.75, 3.05) is 13.7 Å². The molecule has 0 bridgehead atoms. The highest BCUT2D eigenvalue weighted by Crippen LogP contribution is 2.29. The highest BCUT2D eigenvalue weighted by molar-refractivity contribution is 6.03. The van der Waals surface area contributed by atoms with Crippen molar-refractivity contribution in [2.45, 2.75) is 25.1 Å². The number of nitrogens with two attached hydrogens (primary N) is 1. The number of carbonyl (C=O) groups excluding carboxylic acids is 4. The zero-order valence-electron chi connectivity index (χ0n) is 15.1. The molecule has 0 aliphatic carbocycles. The van der Waals surface area contributed by atoms with Crippen molar-refractivity contribution in [3.63, 3.8) is 0 Å². The zero-order chi connectivity index (χ0) is 21.8. The number of rotatable bonds is 6. The van der Waals surface area contributed by atoms with Crippen molar-refractivity contribution in [3.8, 4) is 0 Å². The number of esters is 1. The van der Waals surface area contributed by atoms with E-state index in [-0.39, 0.29) is 17.9 Å². The minimum absolute atomic E-state index is 0.0912. The minimum atomic E-state index is -4.48. The zero-order valence-corrected chi connectivity index (χ0v) is 15.1. The smallest absolute Gasteiger partial charge is 0.464 e. The van der Waals surface area contributed by atoms with Gasteiger partial charge in [-0.1, -0.05) is 17.2 Å². The van der Waals surface area contributed by atoms with Crippen LogP contribution >= 0.6 is 0 Å². The van der Waals surface area contributed by atoms with Crippen LogP contribution in [-0.2, 0) is 41.3 Å². The standard InChI is InChI=1S/C17H17F3N2O7/c1-27-16(26)29-22-13(23)7-10(14(22)24)8-28-15(25)12(21)6-9-2-4-11(5-3-9)17(18,19)20/h2-5,10,12H,6-8,21H2,1H3/t10?,12-/m0/s1. The van der Waals surface area contributed by atoms with Gasteiger partial charge in [-0.25, -0.2) is 4.79 Å². The predicted octanol–water partition coefficient (Wildman–Crippen LogP) is 1.19. The summed E-state index contributed by atoms with van der Waals surface area (Å²) in [4.78, 5) is 51.1. The topological polar surface area (TPSA) is 125 Å². The van der Waals surface area contributed by atoms with Crippen LogP contribution in [-0.4, -0.2) is 48.8 Å². The number of imide groups is 1. The number of hydrogen-bond donors (Lipinski definition) is 1. The fourth-order valence-corrected chi connectivity index (χ4v) is 2.46. The third kappa shape index (κ3) is 5.67. The normalized spacial score (nSPS) is 17.8. The molecule has 1 saturated heterocycles. The predicted molar refractivity (Wildman–Crippen MR) is 87.5 cm³/mol. The molecular formula is C17H17F3N2O7. The van der Waals surface area contributed by atoms with Gasteiger partial charge in [0.2, 0.25) is 0 Å². The number of amides is 2. The molecule has 0 spiro atoms. The lowest BCUT2D eigenvalue weighted by molar-refractivity contribution is -0.177. The fourth-order valence-electron chi connectivity index (χ4n) is 2.46. The molecule has 1 fully saturated rings. The Bertz CT molecular complexity index is 795. The first-order chi connectivity index (χ1) is 13.5. The Hall–Kier alpha value is -3.15. The Labute approximate surface area is 162 Å². The summed E-state index contributed by atoms with van der Waals surface area (Å²) in [5.74, 6) is -3.66. The number of nitrogens with zero attached hydrogens (tertiary/aromatic N) is 1. The monoisotopic (exact) mass is 418 g/mol. The molecule has 0 aromatic heterocycles. The van der Waals surface area contributed by atoms with E-state index in [1.54, 1.807) is 0 Å². The third-order valence-electron chi connectivity index (χ3n) is 4.00. The SMILES string of the molecule is COC(=O)ON1C(=O)CC(COC(=O)[C@@H](N)Cc2ccc(C(F)(F)F)cc2)C1=O. The first-order valence-corrected chi connectivity index (χ1v) is 8.24. The van der Waals surface area contributed by atoms with Crippen LogP contribution in [0, 0.1) is 5.92 Å². The van der Waals surface area contributed by atoms with Crippen LogP contribution in [0.15, 0.2) is 24.3 Å². The van der Waals surface area contributed by atoms with E-state index in [4.69, 9.17) is 10.5 Å². The molecule has 0 radical (unpaired) electrons. The summed E-state index contributed by atoms with van der Waals surface area (Å²) >= 11 is 0. The second-order valence-corrected chi connectivity index (χ2v) is 6.11. The van der Waals surface area contributed by atoms with E-state index in [9.17, 15) is 32.3 Å². The highest BCUT2D eigenvalue weighted by Gasteiger charge is 2.42. The number of hydroxylamine groups is 2. The largest absolute Gasteiger partial charge is 0.533 e. The van der Waals surface area contributed by atoms with Crippen molar-refractivity contribution in [1.82, 2.24) is 5.06 Å². The molecule has 0 saturated carbocycles. The second kappa shape index (κ2) is 8.90. The molecule has 2 atom stereocenters. The Kier molecular flexibility index (Phi) is 6.80. The summed E-state index contributed by atoms with van der Waals surface area (Å²) in [5, 5.41) is 0.229. The lowest BCUT2D eigenvalue weighted by atomic mass is 10.0. The van der Waals surface area contributed by atoms with Gasteiger partial charge in [-0.3, -0.25) is 19.2 Å². The molecule has 1 aromatic carbocycles. The van der Waals surface area contributed by atoms with E-state index in [2.05, 4.69) is 9.57 Å². The van der Waals surface area contributed by atoms with Crippen LogP contribution in [0.5, 0.6) is 0 Å². The van der Waals surface area contributed by atoms with Crippen LogP contribution in [0.25, 0.3) is 0 Å². The number of carbonyl (C=O) groups is 4. The fraction of sp³-hybridized carbons (Fsp3) is 0.412. The van der Waals surface area contributed by atoms with Gasteiger partial charge in [0.25, 0.3) is 11.8 Å². The number of halogens is 3. The highest BCUT2D eigenvalue weighted by atomic mass is 19.4.